The average molecular weight is 1190 g/mol. The van der Waals surface area contributed by atoms with Crippen molar-refractivity contribution in [2.24, 2.45) is 0 Å². The summed E-state index contributed by atoms with van der Waals surface area (Å²) in [7, 11) is 0. The van der Waals surface area contributed by atoms with Crippen molar-refractivity contribution in [1.29, 1.82) is 0 Å². The van der Waals surface area contributed by atoms with Crippen molar-refractivity contribution in [3.63, 3.8) is 0 Å². The number of rotatable bonds is 6. The first-order valence-electron chi connectivity index (χ1n) is 18.1. The van der Waals surface area contributed by atoms with Crippen LogP contribution in [0.2, 0.25) is 0 Å². The molecule has 0 saturated heterocycles. The third kappa shape index (κ3) is 12.9. The second-order valence-electron chi connectivity index (χ2n) is 14.5. The maximum atomic E-state index is 14.2. The van der Waals surface area contributed by atoms with Crippen LogP contribution in [0.1, 0.15) is 44.5 Å². The molecule has 0 fully saturated rings. The van der Waals surface area contributed by atoms with Crippen LogP contribution in [-0.4, -0.2) is 16.4 Å². The van der Waals surface area contributed by atoms with Gasteiger partial charge in [-0.3, -0.25) is 0 Å². The summed E-state index contributed by atoms with van der Waals surface area (Å²) in [5.41, 5.74) is -30.2. The molecule has 0 amide bonds. The van der Waals surface area contributed by atoms with Crippen LogP contribution in [0.25, 0.3) is 0 Å². The molecule has 2 heterocycles. The standard InChI is InChI=1S/C32H12BF24.C8H5IO2S2/c34-25(35,36)13-1-14(26(37,38)39)6-21(5-13)33(22-7-15(27(40,41)42)2-16(8-22)28(43,44)45,23-9-17(29(46,47)48)3-18(10-23)30(49,50)51)24-11-19(31(52,53)54)4-20(12-24)32(55,56)57;10-7-3-1-5(12-7)9-6-2-4-8(11)13-6/h1-12H;1-4H,(H-,10,11)/q-1;/p+1. The maximum absolute atomic E-state index is 14.2. The van der Waals surface area contributed by atoms with E-state index in [-0.39, 0.29) is 21.2 Å². The van der Waals surface area contributed by atoms with E-state index in [1.54, 1.807) is 12.1 Å². The van der Waals surface area contributed by atoms with Gasteiger partial charge in [0, 0.05) is 12.1 Å². The third-order valence-corrected chi connectivity index (χ3v) is 15.2. The number of aromatic hydroxyl groups is 2. The smallest absolute Gasteiger partial charge is 0.416 e. The Kier molecular flexibility index (Phi) is 15.1. The molecule has 6 rings (SSSR count). The number of hydrogen-bond donors (Lipinski definition) is 2. The van der Waals surface area contributed by atoms with E-state index in [9.17, 15) is 105 Å². The van der Waals surface area contributed by atoms with E-state index in [1.165, 1.54) is 28.4 Å². The zero-order chi connectivity index (χ0) is 53.2. The summed E-state index contributed by atoms with van der Waals surface area (Å²) in [4.78, 5) is 0. The van der Waals surface area contributed by atoms with Gasteiger partial charge in [0.25, 0.3) is 5.77 Å². The van der Waals surface area contributed by atoms with Gasteiger partial charge in [-0.05, 0) is 36.4 Å². The van der Waals surface area contributed by atoms with Gasteiger partial charge in [0.1, 0.15) is 6.15 Å². The molecule has 2 nitrogen and oxygen atoms in total. The van der Waals surface area contributed by atoms with E-state index in [0.717, 1.165) is 0 Å². The number of alkyl halides is 24. The van der Waals surface area contributed by atoms with Crippen molar-refractivity contribution >= 4 is 50.7 Å². The lowest BCUT2D eigenvalue weighted by Gasteiger charge is -2.46. The molecule has 30 heteroatoms. The molecule has 2 aromatic heterocycles. The second-order valence-corrected chi connectivity index (χ2v) is 20.9. The summed E-state index contributed by atoms with van der Waals surface area (Å²) < 4.78 is 343. The van der Waals surface area contributed by atoms with Crippen LogP contribution >= 0.6 is 22.7 Å². The van der Waals surface area contributed by atoms with E-state index in [4.69, 9.17) is 10.2 Å². The van der Waals surface area contributed by atoms with Crippen molar-refractivity contribution in [3.8, 4) is 10.1 Å². The summed E-state index contributed by atoms with van der Waals surface area (Å²) in [5, 5.41) is 19.0. The number of benzene rings is 4. The van der Waals surface area contributed by atoms with E-state index in [0.29, 0.717) is 10.1 Å². The summed E-state index contributed by atoms with van der Waals surface area (Å²) in [6.45, 7) is 0. The zero-order valence-electron chi connectivity index (χ0n) is 33.0. The normalized spacial score (nSPS) is 13.6. The molecule has 0 saturated carbocycles. The molecule has 2 N–H and O–H groups in total. The highest BCUT2D eigenvalue weighted by Gasteiger charge is 2.47. The SMILES string of the molecule is FC(F)(F)c1cc([B-](c2cc(C(F)(F)F)cc(C(F)(F)F)c2)(c2cc(C(F)(F)F)cc(C(F)(F)F)c2)c2cc(C(F)(F)F)cc(C(F)(F)F)c2)cc(C(F)(F)F)c1.Oc1ccc([I+]c2ccc(O)s2)s1. The number of thiophene rings is 2. The lowest BCUT2D eigenvalue weighted by Crippen LogP contribution is -3.61. The van der Waals surface area contributed by atoms with E-state index < -0.39 is 195 Å². The quantitative estimate of drug-likeness (QED) is 0.0991. The van der Waals surface area contributed by atoms with Crippen LogP contribution in [0, 0.1) is 5.77 Å². The highest BCUT2D eigenvalue weighted by Crippen LogP contribution is 2.41. The van der Waals surface area contributed by atoms with Crippen LogP contribution in [0.4, 0.5) is 105 Å². The fourth-order valence-corrected chi connectivity index (χ4v) is 12.6. The molecule has 0 aliphatic rings. The van der Waals surface area contributed by atoms with Crippen LogP contribution < -0.4 is 43.1 Å². The Morgan fingerprint density at radius 2 is 0.457 bits per heavy atom. The third-order valence-electron chi connectivity index (χ3n) is 9.74. The Bertz CT molecular complexity index is 2370. The summed E-state index contributed by atoms with van der Waals surface area (Å²) in [5.74, 6) is 0. The average Bonchev–Trinajstić information content (AvgIpc) is 3.81. The molecule has 0 bridgehead atoms. The van der Waals surface area contributed by atoms with Crippen molar-refractivity contribution in [2.75, 3.05) is 0 Å². The molecule has 380 valence electrons. The van der Waals surface area contributed by atoms with Gasteiger partial charge in [-0.15, -0.1) is 0 Å². The summed E-state index contributed by atoms with van der Waals surface area (Å²) >= 11 is 2.63. The summed E-state index contributed by atoms with van der Waals surface area (Å²) in [6, 6.07) is -1.48. The van der Waals surface area contributed by atoms with E-state index in [1.807, 2.05) is 12.1 Å². The first-order valence-corrected chi connectivity index (χ1v) is 21.9. The monoisotopic (exact) mass is 1190 g/mol. The molecule has 0 aliphatic heterocycles. The second kappa shape index (κ2) is 18.9. The Morgan fingerprint density at radius 1 is 0.286 bits per heavy atom. The van der Waals surface area contributed by atoms with Crippen LogP contribution in [0.5, 0.6) is 10.1 Å². The van der Waals surface area contributed by atoms with Gasteiger partial charge in [0.05, 0.1) is 44.5 Å². The number of hydrogen-bond acceptors (Lipinski definition) is 4. The van der Waals surface area contributed by atoms with Gasteiger partial charge in [-0.2, -0.15) is 127 Å². The first-order chi connectivity index (χ1) is 31.5. The van der Waals surface area contributed by atoms with E-state index >= 15 is 0 Å². The molecule has 0 radical (unpaired) electrons. The topological polar surface area (TPSA) is 40.5 Å². The van der Waals surface area contributed by atoms with Gasteiger partial charge in [0.2, 0.25) is 0 Å². The largest absolute Gasteiger partial charge is 0.499 e. The minimum atomic E-state index is -6.13. The van der Waals surface area contributed by atoms with Crippen LogP contribution in [0.15, 0.2) is 97.1 Å². The highest BCUT2D eigenvalue weighted by atomic mass is 127. The highest BCUT2D eigenvalue weighted by molar-refractivity contribution is 7.20. The molecular formula is C40H18BF24IO2S2. The van der Waals surface area contributed by atoms with E-state index in [2.05, 4.69) is 0 Å². The predicted octanol–water partition coefficient (Wildman–Crippen LogP) is 10.6. The molecule has 6 aromatic rings. The lowest BCUT2D eigenvalue weighted by atomic mass is 9.12. The molecule has 4 aromatic carbocycles. The Hall–Kier alpha value is -5.01. The lowest BCUT2D eigenvalue weighted by molar-refractivity contribution is -0.585. The van der Waals surface area contributed by atoms with Crippen molar-refractivity contribution < 1.29 is 137 Å². The van der Waals surface area contributed by atoms with Crippen molar-refractivity contribution in [3.05, 3.63) is 147 Å². The predicted molar refractivity (Wildman–Crippen MR) is 199 cm³/mol. The van der Waals surface area contributed by atoms with Gasteiger partial charge < -0.3 is 10.2 Å². The molecule has 0 unspecified atom stereocenters. The minimum Gasteiger partial charge on any atom is -0.499 e. The van der Waals surface area contributed by atoms with Crippen LogP contribution in [0.3, 0.4) is 0 Å². The van der Waals surface area contributed by atoms with Crippen molar-refractivity contribution in [2.45, 2.75) is 49.4 Å². The maximum Gasteiger partial charge on any atom is 0.416 e. The van der Waals surface area contributed by atoms with Crippen molar-refractivity contribution in [1.82, 2.24) is 0 Å². The van der Waals surface area contributed by atoms with Gasteiger partial charge >= 0.3 is 70.6 Å². The molecule has 0 spiro atoms. The minimum absolute atomic E-state index is 0.213. The Morgan fingerprint density at radius 3 is 0.586 bits per heavy atom. The fourth-order valence-electron chi connectivity index (χ4n) is 6.87. The Labute approximate surface area is 393 Å². The molecular weight excluding hydrogens is 1170 g/mol. The van der Waals surface area contributed by atoms with Gasteiger partial charge in [-0.1, -0.05) is 71.2 Å². The summed E-state index contributed by atoms with van der Waals surface area (Å²) in [6.07, 6.45) is -54.8. The number of halogens is 25. The van der Waals surface area contributed by atoms with Crippen LogP contribution in [-0.2, 0) is 49.4 Å². The molecule has 0 aliphatic carbocycles. The molecule has 70 heavy (non-hydrogen) atoms. The first kappa shape index (κ1) is 55.9. The Balaban J connectivity index is 0.000000600. The fraction of sp³-hybridized carbons (Fsp3) is 0.200. The zero-order valence-corrected chi connectivity index (χ0v) is 36.8. The van der Waals surface area contributed by atoms with Gasteiger partial charge in [0.15, 0.2) is 10.1 Å². The molecule has 0 atom stereocenters. The van der Waals surface area contributed by atoms with Gasteiger partial charge in [-0.25, -0.2) is 0 Å².